The van der Waals surface area contributed by atoms with Gasteiger partial charge in [-0.15, -0.1) is 0 Å². The van der Waals surface area contributed by atoms with Gasteiger partial charge in [-0.05, 0) is 49.2 Å². The highest BCUT2D eigenvalue weighted by molar-refractivity contribution is 9.10. The Labute approximate surface area is 143 Å². The van der Waals surface area contributed by atoms with E-state index in [1.165, 1.54) is 19.2 Å². The van der Waals surface area contributed by atoms with Crippen molar-refractivity contribution in [1.82, 2.24) is 0 Å². The number of halogens is 1. The number of carbonyl (C=O) groups is 1. The topological polar surface area (TPSA) is 72.5 Å². The van der Waals surface area contributed by atoms with Crippen LogP contribution in [0, 0.1) is 13.8 Å². The molecule has 0 aromatic heterocycles. The van der Waals surface area contributed by atoms with Gasteiger partial charge in [0, 0.05) is 4.47 Å². The second kappa shape index (κ2) is 6.72. The van der Waals surface area contributed by atoms with Crippen molar-refractivity contribution in [2.45, 2.75) is 18.7 Å². The van der Waals surface area contributed by atoms with E-state index in [1.807, 2.05) is 19.9 Å². The molecule has 0 spiro atoms. The van der Waals surface area contributed by atoms with Crippen molar-refractivity contribution in [3.05, 3.63) is 57.6 Å². The van der Waals surface area contributed by atoms with Crippen LogP contribution in [0.25, 0.3) is 0 Å². The van der Waals surface area contributed by atoms with E-state index in [1.54, 1.807) is 18.2 Å². The number of hydrogen-bond donors (Lipinski definition) is 1. The average molecular weight is 398 g/mol. The van der Waals surface area contributed by atoms with Gasteiger partial charge < -0.3 is 4.74 Å². The summed E-state index contributed by atoms with van der Waals surface area (Å²) in [5, 5.41) is 0. The maximum Gasteiger partial charge on any atom is 0.339 e. The number of ether oxygens (including phenoxy) is 1. The fourth-order valence-electron chi connectivity index (χ4n) is 2.07. The number of carbonyl (C=O) groups excluding carboxylic acids is 1. The Bertz CT molecular complexity index is 862. The van der Waals surface area contributed by atoms with Gasteiger partial charge in [-0.1, -0.05) is 28.1 Å². The molecular weight excluding hydrogens is 382 g/mol. The third-order valence-electron chi connectivity index (χ3n) is 3.49. The molecule has 0 aliphatic rings. The van der Waals surface area contributed by atoms with E-state index in [4.69, 9.17) is 0 Å². The number of nitrogens with one attached hydrogen (secondary N) is 1. The van der Waals surface area contributed by atoms with Crippen LogP contribution in [-0.4, -0.2) is 21.5 Å². The summed E-state index contributed by atoms with van der Waals surface area (Å²) in [6, 6.07) is 9.68. The molecule has 122 valence electrons. The summed E-state index contributed by atoms with van der Waals surface area (Å²) in [7, 11) is -2.72. The molecule has 5 nitrogen and oxygen atoms in total. The molecule has 23 heavy (non-hydrogen) atoms. The highest BCUT2D eigenvalue weighted by atomic mass is 79.9. The zero-order valence-electron chi connectivity index (χ0n) is 12.9. The van der Waals surface area contributed by atoms with Crippen LogP contribution >= 0.6 is 15.9 Å². The quantitative estimate of drug-likeness (QED) is 0.798. The molecule has 0 saturated heterocycles. The molecule has 1 N–H and O–H groups in total. The first-order chi connectivity index (χ1) is 10.8. The summed E-state index contributed by atoms with van der Waals surface area (Å²) < 4.78 is 33.2. The predicted octanol–water partition coefficient (Wildman–Crippen LogP) is 3.65. The fraction of sp³-hybridized carbons (Fsp3) is 0.188. The summed E-state index contributed by atoms with van der Waals surface area (Å²) in [5.74, 6) is -0.715. The zero-order valence-corrected chi connectivity index (χ0v) is 15.3. The van der Waals surface area contributed by atoms with E-state index >= 15 is 0 Å². The number of benzene rings is 2. The summed E-state index contributed by atoms with van der Waals surface area (Å²) in [6.07, 6.45) is 0. The summed E-state index contributed by atoms with van der Waals surface area (Å²) in [5.41, 5.74) is 2.24. The molecule has 0 unspecified atom stereocenters. The third kappa shape index (κ3) is 3.73. The maximum atomic E-state index is 12.7. The number of hydrogen-bond acceptors (Lipinski definition) is 4. The van der Waals surface area contributed by atoms with Crippen molar-refractivity contribution in [3.63, 3.8) is 0 Å². The molecule has 0 saturated carbocycles. The van der Waals surface area contributed by atoms with Gasteiger partial charge in [-0.2, -0.15) is 0 Å². The summed E-state index contributed by atoms with van der Waals surface area (Å²) >= 11 is 3.23. The first kappa shape index (κ1) is 17.5. The van der Waals surface area contributed by atoms with Crippen LogP contribution < -0.4 is 4.72 Å². The van der Waals surface area contributed by atoms with Gasteiger partial charge in [0.15, 0.2) is 0 Å². The van der Waals surface area contributed by atoms with E-state index in [0.717, 1.165) is 11.1 Å². The van der Waals surface area contributed by atoms with E-state index < -0.39 is 16.0 Å². The maximum absolute atomic E-state index is 12.7. The van der Waals surface area contributed by atoms with Crippen LogP contribution in [0.4, 0.5) is 5.69 Å². The predicted molar refractivity (Wildman–Crippen MR) is 92.2 cm³/mol. The van der Waals surface area contributed by atoms with Gasteiger partial charge in [-0.25, -0.2) is 13.2 Å². The lowest BCUT2D eigenvalue weighted by Gasteiger charge is -2.14. The first-order valence-electron chi connectivity index (χ1n) is 6.73. The molecule has 0 heterocycles. The minimum atomic E-state index is -3.93. The standard InChI is InChI=1S/C16H16BrNO4S/c1-10-5-4-6-14(11(10)2)18-23(20,21)15-8-7-12(17)9-13(15)16(19)22-3/h4-9,18H,1-3H3. The monoisotopic (exact) mass is 397 g/mol. The molecule has 0 radical (unpaired) electrons. The van der Waals surface area contributed by atoms with Gasteiger partial charge in [-0.3, -0.25) is 4.72 Å². The Hall–Kier alpha value is -1.86. The molecule has 0 aliphatic heterocycles. The van der Waals surface area contributed by atoms with Crippen LogP contribution in [0.15, 0.2) is 45.8 Å². The second-order valence-electron chi connectivity index (χ2n) is 4.99. The van der Waals surface area contributed by atoms with E-state index in [-0.39, 0.29) is 10.5 Å². The lowest BCUT2D eigenvalue weighted by molar-refractivity contribution is 0.0596. The highest BCUT2D eigenvalue weighted by Gasteiger charge is 2.24. The van der Waals surface area contributed by atoms with E-state index in [0.29, 0.717) is 10.2 Å². The van der Waals surface area contributed by atoms with Crippen molar-refractivity contribution in [3.8, 4) is 0 Å². The molecule has 2 rings (SSSR count). The van der Waals surface area contributed by atoms with Crippen molar-refractivity contribution in [2.24, 2.45) is 0 Å². The molecule has 2 aromatic rings. The van der Waals surface area contributed by atoms with Crippen molar-refractivity contribution in [1.29, 1.82) is 0 Å². The molecule has 0 bridgehead atoms. The lowest BCUT2D eigenvalue weighted by Crippen LogP contribution is -2.18. The Morgan fingerprint density at radius 3 is 2.52 bits per heavy atom. The minimum absolute atomic E-state index is 0.0281. The molecule has 2 aromatic carbocycles. The highest BCUT2D eigenvalue weighted by Crippen LogP contribution is 2.26. The second-order valence-corrected chi connectivity index (χ2v) is 7.55. The normalized spacial score (nSPS) is 11.1. The Morgan fingerprint density at radius 1 is 1.17 bits per heavy atom. The van der Waals surface area contributed by atoms with Crippen LogP contribution in [0.2, 0.25) is 0 Å². The molecule has 0 fully saturated rings. The van der Waals surface area contributed by atoms with E-state index in [9.17, 15) is 13.2 Å². The molecule has 0 aliphatic carbocycles. The fourth-order valence-corrected chi connectivity index (χ4v) is 3.73. The molecule has 7 heteroatoms. The molecule has 0 atom stereocenters. The van der Waals surface area contributed by atoms with Crippen LogP contribution in [-0.2, 0) is 14.8 Å². The number of sulfonamides is 1. The average Bonchev–Trinajstić information content (AvgIpc) is 2.50. The number of esters is 1. The van der Waals surface area contributed by atoms with E-state index in [2.05, 4.69) is 25.4 Å². The summed E-state index contributed by atoms with van der Waals surface area (Å²) in [6.45, 7) is 3.72. The number of rotatable bonds is 4. The largest absolute Gasteiger partial charge is 0.465 e. The Morgan fingerprint density at radius 2 is 1.87 bits per heavy atom. The minimum Gasteiger partial charge on any atom is -0.465 e. The van der Waals surface area contributed by atoms with Crippen LogP contribution in [0.5, 0.6) is 0 Å². The van der Waals surface area contributed by atoms with Crippen molar-refractivity contribution >= 4 is 37.6 Å². The Kier molecular flexibility index (Phi) is 5.11. The van der Waals surface area contributed by atoms with Gasteiger partial charge in [0.2, 0.25) is 0 Å². The summed E-state index contributed by atoms with van der Waals surface area (Å²) in [4.78, 5) is 11.7. The van der Waals surface area contributed by atoms with Crippen LogP contribution in [0.1, 0.15) is 21.5 Å². The number of methoxy groups -OCH3 is 1. The van der Waals surface area contributed by atoms with Crippen molar-refractivity contribution in [2.75, 3.05) is 11.8 Å². The van der Waals surface area contributed by atoms with Gasteiger partial charge in [0.25, 0.3) is 10.0 Å². The van der Waals surface area contributed by atoms with Gasteiger partial charge in [0.1, 0.15) is 4.90 Å². The third-order valence-corrected chi connectivity index (χ3v) is 5.40. The smallest absolute Gasteiger partial charge is 0.339 e. The number of anilines is 1. The van der Waals surface area contributed by atoms with Crippen molar-refractivity contribution < 1.29 is 17.9 Å². The SMILES string of the molecule is COC(=O)c1cc(Br)ccc1S(=O)(=O)Nc1cccc(C)c1C. The number of aryl methyl sites for hydroxylation is 1. The zero-order chi connectivity index (χ0) is 17.2. The molecular formula is C16H16BrNO4S. The Balaban J connectivity index is 2.52. The van der Waals surface area contributed by atoms with Gasteiger partial charge >= 0.3 is 5.97 Å². The van der Waals surface area contributed by atoms with Crippen LogP contribution in [0.3, 0.4) is 0 Å². The lowest BCUT2D eigenvalue weighted by atomic mass is 10.1. The van der Waals surface area contributed by atoms with Gasteiger partial charge in [0.05, 0.1) is 18.4 Å². The molecule has 0 amide bonds. The first-order valence-corrected chi connectivity index (χ1v) is 9.01.